The van der Waals surface area contributed by atoms with Crippen LogP contribution in [0.1, 0.15) is 42.5 Å². The van der Waals surface area contributed by atoms with Crippen molar-refractivity contribution in [3.05, 3.63) is 46.7 Å². The highest BCUT2D eigenvalue weighted by Gasteiger charge is 2.25. The smallest absolute Gasteiger partial charge is 0.268 e. The van der Waals surface area contributed by atoms with E-state index in [1.807, 2.05) is 4.72 Å². The fraction of sp³-hybridized carbons (Fsp3) is 0.409. The molecule has 0 aromatic heterocycles. The van der Waals surface area contributed by atoms with E-state index < -0.39 is 27.3 Å². The quantitative estimate of drug-likeness (QED) is 0.657. The van der Waals surface area contributed by atoms with Gasteiger partial charge in [-0.05, 0) is 37.0 Å². The third-order valence-electron chi connectivity index (χ3n) is 5.47. The molecule has 2 aromatic rings. The Balaban J connectivity index is 1.49. The number of rotatable bonds is 6. The Morgan fingerprint density at radius 1 is 1.09 bits per heavy atom. The van der Waals surface area contributed by atoms with Crippen LogP contribution < -0.4 is 18.9 Å². The molecule has 1 amide bonds. The number of benzene rings is 2. The predicted molar refractivity (Wildman–Crippen MR) is 116 cm³/mol. The summed E-state index contributed by atoms with van der Waals surface area (Å²) in [6.45, 7) is 1.25. The first-order valence-electron chi connectivity index (χ1n) is 10.4. The zero-order chi connectivity index (χ0) is 22.7. The van der Waals surface area contributed by atoms with Crippen molar-refractivity contribution < 1.29 is 31.8 Å². The molecular formula is C22H23ClFNO6S. The van der Waals surface area contributed by atoms with Gasteiger partial charge in [-0.2, -0.15) is 0 Å². The second kappa shape index (κ2) is 9.54. The van der Waals surface area contributed by atoms with E-state index in [0.717, 1.165) is 37.8 Å². The molecule has 1 fully saturated rings. The minimum absolute atomic E-state index is 0.0301. The Bertz CT molecular complexity index is 1120. The third kappa shape index (κ3) is 5.10. The van der Waals surface area contributed by atoms with Gasteiger partial charge in [-0.15, -0.1) is 0 Å². The summed E-state index contributed by atoms with van der Waals surface area (Å²) in [6, 6.07) is 6.08. The lowest BCUT2D eigenvalue weighted by molar-refractivity contribution is 0.0977. The van der Waals surface area contributed by atoms with Crippen LogP contribution in [0.3, 0.4) is 0 Å². The largest absolute Gasteiger partial charge is 0.492 e. The zero-order valence-electron chi connectivity index (χ0n) is 17.2. The molecule has 0 unspecified atom stereocenters. The molecule has 0 radical (unpaired) electrons. The van der Waals surface area contributed by atoms with Gasteiger partial charge in [-0.25, -0.2) is 17.5 Å². The van der Waals surface area contributed by atoms with Crippen molar-refractivity contribution in [2.75, 3.05) is 19.8 Å². The van der Waals surface area contributed by atoms with Gasteiger partial charge in [0.25, 0.3) is 15.9 Å². The number of hydrogen-bond acceptors (Lipinski definition) is 6. The predicted octanol–water partition coefficient (Wildman–Crippen LogP) is 4.33. The first-order chi connectivity index (χ1) is 15.3. The van der Waals surface area contributed by atoms with Gasteiger partial charge in [0.1, 0.15) is 11.6 Å². The molecule has 4 rings (SSSR count). The minimum Gasteiger partial charge on any atom is -0.492 e. The van der Waals surface area contributed by atoms with Crippen molar-refractivity contribution in [2.24, 2.45) is 5.92 Å². The second-order valence-corrected chi connectivity index (χ2v) is 9.91. The van der Waals surface area contributed by atoms with Crippen LogP contribution in [0, 0.1) is 11.7 Å². The second-order valence-electron chi connectivity index (χ2n) is 7.82. The van der Waals surface area contributed by atoms with Gasteiger partial charge < -0.3 is 14.2 Å². The summed E-state index contributed by atoms with van der Waals surface area (Å²) in [5.74, 6) is -0.869. The molecule has 1 aliphatic carbocycles. The molecule has 10 heteroatoms. The topological polar surface area (TPSA) is 90.9 Å². The van der Waals surface area contributed by atoms with E-state index in [4.69, 9.17) is 25.8 Å². The molecular weight excluding hydrogens is 461 g/mol. The normalized spacial score (nSPS) is 16.4. The Labute approximate surface area is 190 Å². The number of halogens is 2. The first kappa shape index (κ1) is 22.7. The van der Waals surface area contributed by atoms with Gasteiger partial charge in [0.15, 0.2) is 11.5 Å². The average molecular weight is 484 g/mol. The molecule has 1 aliphatic heterocycles. The summed E-state index contributed by atoms with van der Waals surface area (Å²) in [5, 5.41) is 0.0301. The molecule has 2 aromatic carbocycles. The summed E-state index contributed by atoms with van der Waals surface area (Å²) >= 11 is 6.16. The Hall–Kier alpha value is -2.52. The Morgan fingerprint density at radius 3 is 2.56 bits per heavy atom. The lowest BCUT2D eigenvalue weighted by Gasteiger charge is -2.14. The number of fused-ring (bicyclic) bond motifs is 1. The number of sulfonamides is 1. The maximum atomic E-state index is 14.6. The van der Waals surface area contributed by atoms with E-state index in [0.29, 0.717) is 37.9 Å². The summed E-state index contributed by atoms with van der Waals surface area (Å²) in [4.78, 5) is 12.3. The average Bonchev–Trinajstić information content (AvgIpc) is 3.16. The monoisotopic (exact) mass is 483 g/mol. The third-order valence-corrected chi connectivity index (χ3v) is 7.10. The molecule has 0 bridgehead atoms. The van der Waals surface area contributed by atoms with Gasteiger partial charge in [0.2, 0.25) is 0 Å². The number of carbonyl (C=O) groups excluding carboxylic acids is 1. The van der Waals surface area contributed by atoms with Gasteiger partial charge in [0, 0.05) is 18.6 Å². The maximum Gasteiger partial charge on any atom is 0.268 e. The van der Waals surface area contributed by atoms with Crippen molar-refractivity contribution >= 4 is 27.5 Å². The van der Waals surface area contributed by atoms with Crippen LogP contribution in [-0.4, -0.2) is 34.1 Å². The van der Waals surface area contributed by atoms with Crippen LogP contribution >= 0.6 is 11.6 Å². The van der Waals surface area contributed by atoms with Gasteiger partial charge in [0.05, 0.1) is 35.3 Å². The molecule has 32 heavy (non-hydrogen) atoms. The molecule has 1 saturated carbocycles. The van der Waals surface area contributed by atoms with Crippen LogP contribution in [0.4, 0.5) is 4.39 Å². The van der Waals surface area contributed by atoms with Crippen LogP contribution in [0.2, 0.25) is 5.02 Å². The van der Waals surface area contributed by atoms with Crippen molar-refractivity contribution in [2.45, 2.75) is 37.0 Å². The SMILES string of the molecule is O=C(NS(=O)(=O)c1ccc2c(c1)OCCCO2)c1cc(Cl)c(OCC2CCCC2)cc1F. The van der Waals surface area contributed by atoms with Crippen molar-refractivity contribution in [1.29, 1.82) is 0 Å². The number of hydrogen-bond donors (Lipinski definition) is 1. The number of nitrogens with one attached hydrogen (secondary N) is 1. The van der Waals surface area contributed by atoms with Gasteiger partial charge in [-0.3, -0.25) is 4.79 Å². The molecule has 0 saturated heterocycles. The highest BCUT2D eigenvalue weighted by atomic mass is 35.5. The maximum absolute atomic E-state index is 14.6. The molecule has 7 nitrogen and oxygen atoms in total. The van der Waals surface area contributed by atoms with E-state index in [-0.39, 0.29) is 21.4 Å². The van der Waals surface area contributed by atoms with Crippen molar-refractivity contribution in [3.8, 4) is 17.2 Å². The standard InChI is InChI=1S/C22H23ClFNO6S/c23-17-11-16(18(24)12-20(17)31-13-14-4-1-2-5-14)22(26)25-32(27,28)15-6-7-19-21(10-15)30-9-3-8-29-19/h6-7,10-12,14H,1-5,8-9,13H2,(H,25,26). The van der Waals surface area contributed by atoms with E-state index in [2.05, 4.69) is 0 Å². The fourth-order valence-electron chi connectivity index (χ4n) is 3.74. The van der Waals surface area contributed by atoms with E-state index in [9.17, 15) is 17.6 Å². The molecule has 0 spiro atoms. The van der Waals surface area contributed by atoms with Gasteiger partial charge >= 0.3 is 0 Å². The van der Waals surface area contributed by atoms with Crippen LogP contribution in [0.25, 0.3) is 0 Å². The van der Waals surface area contributed by atoms with Gasteiger partial charge in [-0.1, -0.05) is 24.4 Å². The number of amides is 1. The zero-order valence-corrected chi connectivity index (χ0v) is 18.8. The lowest BCUT2D eigenvalue weighted by atomic mass is 10.1. The number of ether oxygens (including phenoxy) is 3. The molecule has 0 atom stereocenters. The Kier molecular flexibility index (Phi) is 6.76. The summed E-state index contributed by atoms with van der Waals surface area (Å²) in [5.41, 5.74) is -0.499. The number of carbonyl (C=O) groups is 1. The van der Waals surface area contributed by atoms with E-state index >= 15 is 0 Å². The van der Waals surface area contributed by atoms with Crippen LogP contribution in [-0.2, 0) is 10.0 Å². The molecule has 172 valence electrons. The lowest BCUT2D eigenvalue weighted by Crippen LogP contribution is -2.31. The van der Waals surface area contributed by atoms with Crippen molar-refractivity contribution in [1.82, 2.24) is 4.72 Å². The fourth-order valence-corrected chi connectivity index (χ4v) is 4.94. The highest BCUT2D eigenvalue weighted by Crippen LogP contribution is 2.33. The van der Waals surface area contributed by atoms with Crippen molar-refractivity contribution in [3.63, 3.8) is 0 Å². The Morgan fingerprint density at radius 2 is 1.81 bits per heavy atom. The molecule has 1 N–H and O–H groups in total. The molecule has 1 heterocycles. The minimum atomic E-state index is -4.29. The van der Waals surface area contributed by atoms with E-state index in [1.54, 1.807) is 0 Å². The first-order valence-corrected chi connectivity index (χ1v) is 12.3. The highest BCUT2D eigenvalue weighted by molar-refractivity contribution is 7.90. The van der Waals surface area contributed by atoms with E-state index in [1.165, 1.54) is 18.2 Å². The van der Waals surface area contributed by atoms with Crippen LogP contribution in [0.15, 0.2) is 35.2 Å². The van der Waals surface area contributed by atoms with Crippen LogP contribution in [0.5, 0.6) is 17.2 Å². The molecule has 2 aliphatic rings. The summed E-state index contributed by atoms with van der Waals surface area (Å²) in [6.07, 6.45) is 5.06. The summed E-state index contributed by atoms with van der Waals surface area (Å²) < 4.78 is 58.4. The summed E-state index contributed by atoms with van der Waals surface area (Å²) in [7, 11) is -4.29.